The SMILES string of the molecule is C#CCOc1ccc(CNC[C@@H](C)O)cc1. The molecule has 3 nitrogen and oxygen atoms in total. The maximum atomic E-state index is 9.07. The highest BCUT2D eigenvalue weighted by molar-refractivity contribution is 5.27. The molecule has 0 aliphatic heterocycles. The number of aliphatic hydroxyl groups is 1. The van der Waals surface area contributed by atoms with Crippen molar-refractivity contribution in [1.82, 2.24) is 5.32 Å². The molecular formula is C13H17NO2. The molecule has 0 amide bonds. The van der Waals surface area contributed by atoms with E-state index in [2.05, 4.69) is 11.2 Å². The third-order valence-electron chi connectivity index (χ3n) is 2.01. The van der Waals surface area contributed by atoms with Gasteiger partial charge in [-0.2, -0.15) is 0 Å². The Morgan fingerprint density at radius 2 is 2.12 bits per heavy atom. The highest BCUT2D eigenvalue weighted by atomic mass is 16.5. The van der Waals surface area contributed by atoms with Crippen molar-refractivity contribution in [2.24, 2.45) is 0 Å². The Hall–Kier alpha value is -1.50. The minimum atomic E-state index is -0.321. The highest BCUT2D eigenvalue weighted by Gasteiger charge is 1.97. The molecule has 0 heterocycles. The summed E-state index contributed by atoms with van der Waals surface area (Å²) in [6, 6.07) is 7.72. The van der Waals surface area contributed by atoms with Gasteiger partial charge in [0.2, 0.25) is 0 Å². The van der Waals surface area contributed by atoms with E-state index in [0.29, 0.717) is 13.2 Å². The summed E-state index contributed by atoms with van der Waals surface area (Å²) in [6.45, 7) is 3.37. The van der Waals surface area contributed by atoms with E-state index < -0.39 is 0 Å². The molecule has 0 fully saturated rings. The Balaban J connectivity index is 2.36. The maximum absolute atomic E-state index is 9.07. The van der Waals surface area contributed by atoms with Crippen LogP contribution in [0.4, 0.5) is 0 Å². The summed E-state index contributed by atoms with van der Waals surface area (Å²) >= 11 is 0. The molecule has 1 atom stereocenters. The fourth-order valence-electron chi connectivity index (χ4n) is 1.25. The Labute approximate surface area is 96.4 Å². The molecule has 0 spiro atoms. The molecule has 3 heteroatoms. The number of hydrogen-bond acceptors (Lipinski definition) is 3. The second kappa shape index (κ2) is 6.89. The molecule has 0 radical (unpaired) electrons. The van der Waals surface area contributed by atoms with Gasteiger partial charge in [-0.1, -0.05) is 18.1 Å². The van der Waals surface area contributed by atoms with Crippen molar-refractivity contribution in [3.05, 3.63) is 29.8 Å². The van der Waals surface area contributed by atoms with E-state index in [4.69, 9.17) is 16.3 Å². The molecule has 0 unspecified atom stereocenters. The Kier molecular flexibility index (Phi) is 5.41. The van der Waals surface area contributed by atoms with Crippen molar-refractivity contribution in [3.63, 3.8) is 0 Å². The van der Waals surface area contributed by atoms with Gasteiger partial charge in [-0.25, -0.2) is 0 Å². The molecule has 0 bridgehead atoms. The van der Waals surface area contributed by atoms with Gasteiger partial charge in [-0.3, -0.25) is 0 Å². The first-order valence-corrected chi connectivity index (χ1v) is 5.26. The van der Waals surface area contributed by atoms with Crippen LogP contribution in [-0.2, 0) is 6.54 Å². The van der Waals surface area contributed by atoms with Gasteiger partial charge in [0.25, 0.3) is 0 Å². The Bertz CT molecular complexity index is 338. The minimum Gasteiger partial charge on any atom is -0.481 e. The summed E-state index contributed by atoms with van der Waals surface area (Å²) in [5.41, 5.74) is 1.15. The van der Waals surface area contributed by atoms with Crippen LogP contribution in [0.1, 0.15) is 12.5 Å². The van der Waals surface area contributed by atoms with Crippen LogP contribution < -0.4 is 10.1 Å². The van der Waals surface area contributed by atoms with Crippen LogP contribution in [0.3, 0.4) is 0 Å². The molecule has 0 saturated heterocycles. The number of terminal acetylenes is 1. The summed E-state index contributed by atoms with van der Waals surface area (Å²) in [5.74, 6) is 3.19. The molecule has 0 aromatic heterocycles. The van der Waals surface area contributed by atoms with Crippen LogP contribution in [0.25, 0.3) is 0 Å². The van der Waals surface area contributed by atoms with E-state index in [-0.39, 0.29) is 6.10 Å². The number of benzene rings is 1. The molecule has 2 N–H and O–H groups in total. The maximum Gasteiger partial charge on any atom is 0.148 e. The third-order valence-corrected chi connectivity index (χ3v) is 2.01. The smallest absolute Gasteiger partial charge is 0.148 e. The quantitative estimate of drug-likeness (QED) is 0.706. The molecule has 1 aromatic rings. The first-order valence-electron chi connectivity index (χ1n) is 5.26. The Morgan fingerprint density at radius 1 is 1.44 bits per heavy atom. The van der Waals surface area contributed by atoms with Crippen molar-refractivity contribution in [3.8, 4) is 18.1 Å². The summed E-state index contributed by atoms with van der Waals surface area (Å²) in [6.07, 6.45) is 4.77. The van der Waals surface area contributed by atoms with Crippen molar-refractivity contribution in [2.45, 2.75) is 19.6 Å². The summed E-state index contributed by atoms with van der Waals surface area (Å²) in [7, 11) is 0. The first-order chi connectivity index (χ1) is 7.72. The van der Waals surface area contributed by atoms with Gasteiger partial charge in [-0.15, -0.1) is 6.42 Å². The van der Waals surface area contributed by atoms with Gasteiger partial charge >= 0.3 is 0 Å². The van der Waals surface area contributed by atoms with Gasteiger partial charge in [0.15, 0.2) is 0 Å². The summed E-state index contributed by atoms with van der Waals surface area (Å²) < 4.78 is 5.26. The minimum absolute atomic E-state index is 0.291. The van der Waals surface area contributed by atoms with Gasteiger partial charge in [0.1, 0.15) is 12.4 Å². The van der Waals surface area contributed by atoms with Gasteiger partial charge in [0.05, 0.1) is 6.10 Å². The fraction of sp³-hybridized carbons (Fsp3) is 0.385. The monoisotopic (exact) mass is 219 g/mol. The Morgan fingerprint density at radius 3 is 2.69 bits per heavy atom. The van der Waals surface area contributed by atoms with Crippen LogP contribution in [-0.4, -0.2) is 24.4 Å². The highest BCUT2D eigenvalue weighted by Crippen LogP contribution is 2.11. The number of ether oxygens (including phenoxy) is 1. The molecular weight excluding hydrogens is 202 g/mol. The second-order valence-electron chi connectivity index (χ2n) is 3.62. The standard InChI is InChI=1S/C13H17NO2/c1-3-8-16-13-6-4-12(5-7-13)10-14-9-11(2)15/h1,4-7,11,14-15H,8-10H2,2H3/t11-/m1/s1. The zero-order valence-corrected chi connectivity index (χ0v) is 9.44. The summed E-state index contributed by atoms with van der Waals surface area (Å²) in [4.78, 5) is 0. The van der Waals surface area contributed by atoms with Crippen molar-refractivity contribution >= 4 is 0 Å². The van der Waals surface area contributed by atoms with Crippen LogP contribution in [0.15, 0.2) is 24.3 Å². The number of rotatable bonds is 6. The van der Waals surface area contributed by atoms with Gasteiger partial charge in [-0.05, 0) is 24.6 Å². The molecule has 1 aromatic carbocycles. The van der Waals surface area contributed by atoms with E-state index in [9.17, 15) is 0 Å². The van der Waals surface area contributed by atoms with Crippen molar-refractivity contribution in [1.29, 1.82) is 0 Å². The van der Waals surface area contributed by atoms with Crippen molar-refractivity contribution in [2.75, 3.05) is 13.2 Å². The molecule has 0 saturated carbocycles. The lowest BCUT2D eigenvalue weighted by Crippen LogP contribution is -2.23. The number of nitrogens with one attached hydrogen (secondary N) is 1. The van der Waals surface area contributed by atoms with Crippen LogP contribution in [0.5, 0.6) is 5.75 Å². The molecule has 1 rings (SSSR count). The van der Waals surface area contributed by atoms with Crippen LogP contribution in [0.2, 0.25) is 0 Å². The third kappa shape index (κ3) is 4.83. The fourth-order valence-corrected chi connectivity index (χ4v) is 1.25. The molecule has 0 aliphatic carbocycles. The lowest BCUT2D eigenvalue weighted by Gasteiger charge is -2.07. The largest absolute Gasteiger partial charge is 0.481 e. The zero-order chi connectivity index (χ0) is 11.8. The lowest BCUT2D eigenvalue weighted by molar-refractivity contribution is 0.191. The summed E-state index contributed by atoms with van der Waals surface area (Å²) in [5, 5.41) is 12.2. The molecule has 86 valence electrons. The van der Waals surface area contributed by atoms with Gasteiger partial charge in [0, 0.05) is 13.1 Å². The average Bonchev–Trinajstić information content (AvgIpc) is 2.27. The van der Waals surface area contributed by atoms with E-state index in [1.54, 1.807) is 6.92 Å². The van der Waals surface area contributed by atoms with E-state index in [0.717, 1.165) is 17.9 Å². The van der Waals surface area contributed by atoms with E-state index in [1.165, 1.54) is 0 Å². The van der Waals surface area contributed by atoms with E-state index >= 15 is 0 Å². The predicted molar refractivity (Wildman–Crippen MR) is 64.2 cm³/mol. The van der Waals surface area contributed by atoms with Crippen LogP contribution >= 0.6 is 0 Å². The van der Waals surface area contributed by atoms with Gasteiger partial charge < -0.3 is 15.2 Å². The van der Waals surface area contributed by atoms with Crippen molar-refractivity contribution < 1.29 is 9.84 Å². The normalized spacial score (nSPS) is 11.8. The average molecular weight is 219 g/mol. The van der Waals surface area contributed by atoms with Crippen LogP contribution in [0, 0.1) is 12.3 Å². The topological polar surface area (TPSA) is 41.5 Å². The zero-order valence-electron chi connectivity index (χ0n) is 9.44. The lowest BCUT2D eigenvalue weighted by atomic mass is 10.2. The number of hydrogen-bond donors (Lipinski definition) is 2. The number of aliphatic hydroxyl groups excluding tert-OH is 1. The van der Waals surface area contributed by atoms with E-state index in [1.807, 2.05) is 24.3 Å². The second-order valence-corrected chi connectivity index (χ2v) is 3.62. The predicted octanol–water partition coefficient (Wildman–Crippen LogP) is 1.17. The molecule has 0 aliphatic rings. The first kappa shape index (κ1) is 12.6. The molecule has 16 heavy (non-hydrogen) atoms.